The van der Waals surface area contributed by atoms with Gasteiger partial charge in [0.1, 0.15) is 0 Å². The van der Waals surface area contributed by atoms with Crippen LogP contribution in [0.5, 0.6) is 0 Å². The highest BCUT2D eigenvalue weighted by Gasteiger charge is 2.31. The van der Waals surface area contributed by atoms with Gasteiger partial charge in [-0.2, -0.15) is 13.2 Å². The molecule has 0 saturated carbocycles. The van der Waals surface area contributed by atoms with Crippen molar-refractivity contribution in [3.63, 3.8) is 0 Å². The van der Waals surface area contributed by atoms with Crippen LogP contribution in [0.4, 0.5) is 18.9 Å². The number of rotatable bonds is 2. The second-order valence-corrected chi connectivity index (χ2v) is 5.34. The molecule has 0 heterocycles. The van der Waals surface area contributed by atoms with Crippen molar-refractivity contribution in [1.82, 2.24) is 0 Å². The Morgan fingerprint density at radius 3 is 1.89 bits per heavy atom. The van der Waals surface area contributed by atoms with E-state index in [1.165, 1.54) is 17.0 Å². The highest BCUT2D eigenvalue weighted by molar-refractivity contribution is 5.96. The van der Waals surface area contributed by atoms with Crippen LogP contribution in [0.3, 0.4) is 0 Å². The van der Waals surface area contributed by atoms with E-state index in [1.807, 2.05) is 0 Å². The number of amides is 1. The number of carbonyl (C=O) groups is 1. The highest BCUT2D eigenvalue weighted by Crippen LogP contribution is 2.31. The minimum Gasteiger partial charge on any atom is -0.312 e. The summed E-state index contributed by atoms with van der Waals surface area (Å²) in [6, 6.07) is 4.65. The van der Waals surface area contributed by atoms with E-state index in [0.29, 0.717) is 12.2 Å². The summed E-state index contributed by atoms with van der Waals surface area (Å²) in [6.45, 7) is 7.55. The van der Waals surface area contributed by atoms with E-state index < -0.39 is 17.2 Å². The van der Waals surface area contributed by atoms with Crippen molar-refractivity contribution in [1.29, 1.82) is 0 Å². The lowest BCUT2D eigenvalue weighted by Gasteiger charge is -2.28. The zero-order valence-corrected chi connectivity index (χ0v) is 11.5. The summed E-state index contributed by atoms with van der Waals surface area (Å²) < 4.78 is 37.4. The van der Waals surface area contributed by atoms with Crippen LogP contribution >= 0.6 is 0 Å². The molecular formula is C14H18F3NO. The van der Waals surface area contributed by atoms with Crippen LogP contribution in [0, 0.1) is 5.41 Å². The lowest BCUT2D eigenvalue weighted by atomic mass is 9.94. The van der Waals surface area contributed by atoms with E-state index in [4.69, 9.17) is 0 Å². The van der Waals surface area contributed by atoms with Crippen molar-refractivity contribution in [3.05, 3.63) is 29.8 Å². The Hall–Kier alpha value is -1.52. The van der Waals surface area contributed by atoms with Gasteiger partial charge in [0.2, 0.25) is 5.91 Å². The fraction of sp³-hybridized carbons (Fsp3) is 0.500. The van der Waals surface area contributed by atoms with E-state index in [-0.39, 0.29) is 5.91 Å². The van der Waals surface area contributed by atoms with E-state index in [9.17, 15) is 18.0 Å². The first kappa shape index (κ1) is 15.5. The number of carbonyl (C=O) groups excluding carboxylic acids is 1. The number of alkyl halides is 3. The standard InChI is InChI=1S/C14H18F3NO/c1-5-18(12(19)13(2,3)4)11-8-6-10(7-9-11)14(15,16)17/h6-9H,5H2,1-4H3. The van der Waals surface area contributed by atoms with E-state index >= 15 is 0 Å². The van der Waals surface area contributed by atoms with Gasteiger partial charge in [-0.25, -0.2) is 0 Å². The number of benzene rings is 1. The van der Waals surface area contributed by atoms with Crippen molar-refractivity contribution in [2.24, 2.45) is 5.41 Å². The molecular weight excluding hydrogens is 255 g/mol. The number of nitrogens with zero attached hydrogens (tertiary/aromatic N) is 1. The molecule has 0 N–H and O–H groups in total. The predicted molar refractivity (Wildman–Crippen MR) is 68.9 cm³/mol. The minimum absolute atomic E-state index is 0.116. The third kappa shape index (κ3) is 3.72. The summed E-state index contributed by atoms with van der Waals surface area (Å²) in [6.07, 6.45) is -4.36. The number of halogens is 3. The molecule has 1 rings (SSSR count). The number of anilines is 1. The van der Waals surface area contributed by atoms with Gasteiger partial charge in [-0.1, -0.05) is 20.8 Å². The topological polar surface area (TPSA) is 20.3 Å². The van der Waals surface area contributed by atoms with Crippen LogP contribution in [0.1, 0.15) is 33.3 Å². The van der Waals surface area contributed by atoms with Gasteiger partial charge in [0, 0.05) is 17.6 Å². The largest absolute Gasteiger partial charge is 0.416 e. The van der Waals surface area contributed by atoms with E-state index in [0.717, 1.165) is 12.1 Å². The molecule has 1 aromatic carbocycles. The van der Waals surface area contributed by atoms with Crippen molar-refractivity contribution in [2.45, 2.75) is 33.9 Å². The van der Waals surface area contributed by atoms with Gasteiger partial charge < -0.3 is 4.90 Å². The van der Waals surface area contributed by atoms with Crippen LogP contribution in [-0.2, 0) is 11.0 Å². The molecule has 0 fully saturated rings. The van der Waals surface area contributed by atoms with Crippen molar-refractivity contribution < 1.29 is 18.0 Å². The SMILES string of the molecule is CCN(C(=O)C(C)(C)C)c1ccc(C(F)(F)F)cc1. The Kier molecular flexibility index (Phi) is 4.28. The number of hydrogen-bond acceptors (Lipinski definition) is 1. The predicted octanol–water partition coefficient (Wildman–Crippen LogP) is 4.10. The van der Waals surface area contributed by atoms with Gasteiger partial charge in [0.05, 0.1) is 5.56 Å². The lowest BCUT2D eigenvalue weighted by Crippen LogP contribution is -2.39. The smallest absolute Gasteiger partial charge is 0.312 e. The molecule has 5 heteroatoms. The van der Waals surface area contributed by atoms with Crippen molar-refractivity contribution in [2.75, 3.05) is 11.4 Å². The van der Waals surface area contributed by atoms with Crippen LogP contribution in [-0.4, -0.2) is 12.5 Å². The molecule has 2 nitrogen and oxygen atoms in total. The summed E-state index contributed by atoms with van der Waals surface area (Å²) in [5, 5.41) is 0. The summed E-state index contributed by atoms with van der Waals surface area (Å²) in [4.78, 5) is 13.7. The molecule has 0 aromatic heterocycles. The van der Waals surface area contributed by atoms with Crippen LogP contribution in [0.25, 0.3) is 0 Å². The monoisotopic (exact) mass is 273 g/mol. The summed E-state index contributed by atoms with van der Waals surface area (Å²) in [5.41, 5.74) is -0.801. The zero-order valence-electron chi connectivity index (χ0n) is 11.5. The Morgan fingerprint density at radius 2 is 1.58 bits per heavy atom. The maximum absolute atomic E-state index is 12.5. The van der Waals surface area contributed by atoms with Crippen LogP contribution in [0.2, 0.25) is 0 Å². The fourth-order valence-corrected chi connectivity index (χ4v) is 1.68. The molecule has 0 unspecified atom stereocenters. The molecule has 0 bridgehead atoms. The molecule has 0 saturated heterocycles. The summed E-state index contributed by atoms with van der Waals surface area (Å²) >= 11 is 0. The van der Waals surface area contributed by atoms with Crippen LogP contribution < -0.4 is 4.90 Å². The summed E-state index contributed by atoms with van der Waals surface area (Å²) in [7, 11) is 0. The minimum atomic E-state index is -4.36. The van der Waals surface area contributed by atoms with Crippen molar-refractivity contribution in [3.8, 4) is 0 Å². The molecule has 106 valence electrons. The Morgan fingerprint density at radius 1 is 1.11 bits per heavy atom. The first-order valence-corrected chi connectivity index (χ1v) is 6.06. The quantitative estimate of drug-likeness (QED) is 0.794. The normalized spacial score (nSPS) is 12.4. The van der Waals surface area contributed by atoms with Gasteiger partial charge >= 0.3 is 6.18 Å². The fourth-order valence-electron chi connectivity index (χ4n) is 1.68. The van der Waals surface area contributed by atoms with Crippen LogP contribution in [0.15, 0.2) is 24.3 Å². The molecule has 0 aliphatic carbocycles. The van der Waals surface area contributed by atoms with Gasteiger partial charge in [-0.15, -0.1) is 0 Å². The zero-order chi connectivity index (χ0) is 14.8. The van der Waals surface area contributed by atoms with Gasteiger partial charge in [0.25, 0.3) is 0 Å². The van der Waals surface area contributed by atoms with Gasteiger partial charge in [-0.3, -0.25) is 4.79 Å². The molecule has 0 spiro atoms. The number of hydrogen-bond donors (Lipinski definition) is 0. The Balaban J connectivity index is 3.05. The third-order valence-electron chi connectivity index (χ3n) is 2.71. The third-order valence-corrected chi connectivity index (χ3v) is 2.71. The maximum Gasteiger partial charge on any atom is 0.416 e. The summed E-state index contributed by atoms with van der Waals surface area (Å²) in [5.74, 6) is -0.116. The molecule has 0 aliphatic heterocycles. The maximum atomic E-state index is 12.5. The molecule has 1 amide bonds. The lowest BCUT2D eigenvalue weighted by molar-refractivity contribution is -0.137. The first-order chi connectivity index (χ1) is 8.57. The van der Waals surface area contributed by atoms with E-state index in [1.54, 1.807) is 27.7 Å². The second kappa shape index (κ2) is 5.23. The molecule has 1 aromatic rings. The first-order valence-electron chi connectivity index (χ1n) is 6.06. The Labute approximate surface area is 111 Å². The van der Waals surface area contributed by atoms with E-state index in [2.05, 4.69) is 0 Å². The average molecular weight is 273 g/mol. The molecule has 0 aliphatic rings. The second-order valence-electron chi connectivity index (χ2n) is 5.34. The molecule has 0 atom stereocenters. The molecule has 19 heavy (non-hydrogen) atoms. The average Bonchev–Trinajstić information content (AvgIpc) is 2.28. The van der Waals surface area contributed by atoms with Gasteiger partial charge in [0.15, 0.2) is 0 Å². The Bertz CT molecular complexity index is 443. The van der Waals surface area contributed by atoms with Crippen molar-refractivity contribution >= 4 is 11.6 Å². The van der Waals surface area contributed by atoms with Gasteiger partial charge in [-0.05, 0) is 31.2 Å². The highest BCUT2D eigenvalue weighted by atomic mass is 19.4. The molecule has 0 radical (unpaired) electrons.